The molecule has 0 saturated heterocycles. The smallest absolute Gasteiger partial charge is 0.0959 e. The van der Waals surface area contributed by atoms with Crippen LogP contribution in [-0.4, -0.2) is 9.78 Å². The molecule has 0 aliphatic rings. The lowest BCUT2D eigenvalue weighted by Gasteiger charge is -2.26. The van der Waals surface area contributed by atoms with E-state index in [0.29, 0.717) is 11.8 Å². The van der Waals surface area contributed by atoms with E-state index in [2.05, 4.69) is 147 Å². The Bertz CT molecular complexity index is 1350. The Morgan fingerprint density at radius 3 is 1.73 bits per heavy atom. The van der Waals surface area contributed by atoms with Crippen molar-refractivity contribution >= 4 is 5.69 Å². The standard InChI is InChI=1S/C34H35N3/c1-24(2)29-21-14-22-30(25(3)4)34(29)35-33(27-17-10-6-11-18-27)31-23-32(26-15-8-5-9-16-26)37(36-31)28-19-12-7-13-20-28/h5-25,33,35H,1-4H3. The van der Waals surface area contributed by atoms with Crippen molar-refractivity contribution in [1.82, 2.24) is 9.78 Å². The lowest BCUT2D eigenvalue weighted by Crippen LogP contribution is -2.17. The summed E-state index contributed by atoms with van der Waals surface area (Å²) in [5.41, 5.74) is 9.32. The van der Waals surface area contributed by atoms with Crippen LogP contribution in [0.4, 0.5) is 5.69 Å². The van der Waals surface area contributed by atoms with Gasteiger partial charge < -0.3 is 5.32 Å². The number of aromatic nitrogens is 2. The summed E-state index contributed by atoms with van der Waals surface area (Å²) in [5.74, 6) is 0.804. The van der Waals surface area contributed by atoms with Crippen LogP contribution in [0.3, 0.4) is 0 Å². The summed E-state index contributed by atoms with van der Waals surface area (Å²) < 4.78 is 2.07. The summed E-state index contributed by atoms with van der Waals surface area (Å²) in [6, 6.07) is 40.4. The van der Waals surface area contributed by atoms with Gasteiger partial charge in [-0.25, -0.2) is 4.68 Å². The summed E-state index contributed by atoms with van der Waals surface area (Å²) in [6.45, 7) is 9.05. The minimum atomic E-state index is -0.106. The molecule has 0 fully saturated rings. The Balaban J connectivity index is 1.70. The minimum Gasteiger partial charge on any atom is -0.372 e. The molecule has 37 heavy (non-hydrogen) atoms. The molecule has 1 aromatic heterocycles. The van der Waals surface area contributed by atoms with E-state index in [1.54, 1.807) is 0 Å². The molecule has 5 aromatic rings. The summed E-state index contributed by atoms with van der Waals surface area (Å²) in [7, 11) is 0. The van der Waals surface area contributed by atoms with Crippen LogP contribution in [0.5, 0.6) is 0 Å². The molecule has 1 heterocycles. The number of anilines is 1. The number of benzene rings is 4. The van der Waals surface area contributed by atoms with Crippen LogP contribution >= 0.6 is 0 Å². The summed E-state index contributed by atoms with van der Waals surface area (Å²) in [4.78, 5) is 0. The monoisotopic (exact) mass is 485 g/mol. The lowest BCUT2D eigenvalue weighted by atomic mass is 9.91. The van der Waals surface area contributed by atoms with Gasteiger partial charge in [0, 0.05) is 11.3 Å². The Morgan fingerprint density at radius 2 is 1.16 bits per heavy atom. The van der Waals surface area contributed by atoms with Gasteiger partial charge in [0.2, 0.25) is 0 Å². The molecule has 4 aromatic carbocycles. The third kappa shape index (κ3) is 5.22. The van der Waals surface area contributed by atoms with Gasteiger partial charge in [-0.05, 0) is 46.7 Å². The molecular weight excluding hydrogens is 450 g/mol. The molecule has 0 aliphatic carbocycles. The highest BCUT2D eigenvalue weighted by molar-refractivity contribution is 5.65. The van der Waals surface area contributed by atoms with Gasteiger partial charge in [0.1, 0.15) is 0 Å². The number of para-hydroxylation sites is 2. The van der Waals surface area contributed by atoms with Gasteiger partial charge in [0.25, 0.3) is 0 Å². The zero-order valence-corrected chi connectivity index (χ0v) is 22.1. The molecule has 1 atom stereocenters. The van der Waals surface area contributed by atoms with E-state index in [9.17, 15) is 0 Å². The molecule has 0 saturated carbocycles. The maximum absolute atomic E-state index is 5.23. The lowest BCUT2D eigenvalue weighted by molar-refractivity contribution is 0.788. The quantitative estimate of drug-likeness (QED) is 0.238. The van der Waals surface area contributed by atoms with Crippen LogP contribution in [-0.2, 0) is 0 Å². The molecule has 0 aliphatic heterocycles. The fourth-order valence-electron chi connectivity index (χ4n) is 4.96. The van der Waals surface area contributed by atoms with Crippen molar-refractivity contribution in [2.24, 2.45) is 0 Å². The molecule has 5 rings (SSSR count). The minimum absolute atomic E-state index is 0.106. The van der Waals surface area contributed by atoms with E-state index in [0.717, 1.165) is 22.6 Å². The van der Waals surface area contributed by atoms with Crippen LogP contribution in [0.1, 0.15) is 68.0 Å². The second-order valence-electron chi connectivity index (χ2n) is 10.2. The Kier molecular flexibility index (Phi) is 7.23. The number of hydrogen-bond acceptors (Lipinski definition) is 2. The van der Waals surface area contributed by atoms with Gasteiger partial charge in [-0.15, -0.1) is 0 Å². The molecular formula is C34H35N3. The van der Waals surface area contributed by atoms with E-state index < -0.39 is 0 Å². The zero-order chi connectivity index (χ0) is 25.8. The molecule has 0 amide bonds. The number of hydrogen-bond donors (Lipinski definition) is 1. The molecule has 3 nitrogen and oxygen atoms in total. The normalized spacial score (nSPS) is 12.2. The Morgan fingerprint density at radius 1 is 0.622 bits per heavy atom. The van der Waals surface area contributed by atoms with Gasteiger partial charge in [-0.3, -0.25) is 0 Å². The van der Waals surface area contributed by atoms with E-state index in [1.807, 2.05) is 6.07 Å². The van der Waals surface area contributed by atoms with E-state index in [-0.39, 0.29) is 6.04 Å². The Labute approximate surface area is 220 Å². The van der Waals surface area contributed by atoms with Gasteiger partial charge in [0.05, 0.1) is 23.1 Å². The van der Waals surface area contributed by atoms with Gasteiger partial charge >= 0.3 is 0 Å². The fraction of sp³-hybridized carbons (Fsp3) is 0.206. The molecule has 1 N–H and O–H groups in total. The van der Waals surface area contributed by atoms with Gasteiger partial charge in [-0.1, -0.05) is 125 Å². The molecule has 186 valence electrons. The first-order valence-corrected chi connectivity index (χ1v) is 13.2. The number of rotatable bonds is 8. The molecule has 3 heteroatoms. The van der Waals surface area contributed by atoms with Gasteiger partial charge in [-0.2, -0.15) is 5.10 Å². The first-order chi connectivity index (χ1) is 18.0. The highest BCUT2D eigenvalue weighted by Gasteiger charge is 2.24. The zero-order valence-electron chi connectivity index (χ0n) is 22.1. The highest BCUT2D eigenvalue weighted by atomic mass is 15.3. The molecule has 1 unspecified atom stereocenters. The third-order valence-electron chi connectivity index (χ3n) is 6.89. The van der Waals surface area contributed by atoms with Crippen LogP contribution in [0.2, 0.25) is 0 Å². The van der Waals surface area contributed by atoms with Crippen LogP contribution in [0, 0.1) is 0 Å². The van der Waals surface area contributed by atoms with Crippen molar-refractivity contribution in [2.45, 2.75) is 45.6 Å². The van der Waals surface area contributed by atoms with Crippen molar-refractivity contribution in [3.8, 4) is 16.9 Å². The fourth-order valence-corrected chi connectivity index (χ4v) is 4.96. The second-order valence-corrected chi connectivity index (χ2v) is 10.2. The highest BCUT2D eigenvalue weighted by Crippen LogP contribution is 2.37. The van der Waals surface area contributed by atoms with Crippen LogP contribution in [0.15, 0.2) is 115 Å². The predicted octanol–water partition coefficient (Wildman–Crippen LogP) is 8.99. The third-order valence-corrected chi connectivity index (χ3v) is 6.89. The largest absolute Gasteiger partial charge is 0.372 e. The van der Waals surface area contributed by atoms with Gasteiger partial charge in [0.15, 0.2) is 0 Å². The van der Waals surface area contributed by atoms with E-state index in [4.69, 9.17) is 5.10 Å². The molecule has 0 spiro atoms. The maximum atomic E-state index is 5.23. The van der Waals surface area contributed by atoms with Crippen molar-refractivity contribution in [3.63, 3.8) is 0 Å². The van der Waals surface area contributed by atoms with Crippen LogP contribution < -0.4 is 5.32 Å². The maximum Gasteiger partial charge on any atom is 0.0959 e. The van der Waals surface area contributed by atoms with Crippen molar-refractivity contribution in [3.05, 3.63) is 138 Å². The predicted molar refractivity (Wildman–Crippen MR) is 156 cm³/mol. The average molecular weight is 486 g/mol. The number of nitrogens with zero attached hydrogens (tertiary/aromatic N) is 2. The summed E-state index contributed by atoms with van der Waals surface area (Å²) in [6.07, 6.45) is 0. The van der Waals surface area contributed by atoms with E-state index in [1.165, 1.54) is 22.4 Å². The SMILES string of the molecule is CC(C)c1cccc(C(C)C)c1NC(c1ccccc1)c1cc(-c2ccccc2)n(-c2ccccc2)n1. The second kappa shape index (κ2) is 10.9. The van der Waals surface area contributed by atoms with E-state index >= 15 is 0 Å². The van der Waals surface area contributed by atoms with Crippen molar-refractivity contribution in [2.75, 3.05) is 5.32 Å². The average Bonchev–Trinajstić information content (AvgIpc) is 3.38. The molecule has 0 radical (unpaired) electrons. The Hall–Kier alpha value is -4.11. The van der Waals surface area contributed by atoms with Crippen LogP contribution in [0.25, 0.3) is 16.9 Å². The van der Waals surface area contributed by atoms with Crippen molar-refractivity contribution in [1.29, 1.82) is 0 Å². The first-order valence-electron chi connectivity index (χ1n) is 13.2. The molecule has 0 bridgehead atoms. The first kappa shape index (κ1) is 24.6. The summed E-state index contributed by atoms with van der Waals surface area (Å²) >= 11 is 0. The summed E-state index contributed by atoms with van der Waals surface area (Å²) in [5, 5.41) is 9.21. The number of nitrogens with one attached hydrogen (secondary N) is 1. The topological polar surface area (TPSA) is 29.9 Å². The van der Waals surface area contributed by atoms with Crippen molar-refractivity contribution < 1.29 is 0 Å².